The highest BCUT2D eigenvalue weighted by Gasteiger charge is 2.11. The van der Waals surface area contributed by atoms with Gasteiger partial charge in [0, 0.05) is 6.54 Å². The first-order chi connectivity index (χ1) is 8.62. The van der Waals surface area contributed by atoms with E-state index >= 15 is 0 Å². The molecule has 18 heavy (non-hydrogen) atoms. The maximum Gasteiger partial charge on any atom is 0.239 e. The van der Waals surface area contributed by atoms with Crippen molar-refractivity contribution in [1.29, 1.82) is 0 Å². The molecule has 1 atom stereocenters. The van der Waals surface area contributed by atoms with Crippen LogP contribution in [0.3, 0.4) is 0 Å². The third-order valence-corrected chi connectivity index (χ3v) is 2.45. The van der Waals surface area contributed by atoms with Crippen molar-refractivity contribution in [3.8, 4) is 11.5 Å². The van der Waals surface area contributed by atoms with Gasteiger partial charge in [-0.3, -0.25) is 4.79 Å². The molecule has 0 heterocycles. The summed E-state index contributed by atoms with van der Waals surface area (Å²) in [5.41, 5.74) is 6.23. The maximum atomic E-state index is 11.4. The van der Waals surface area contributed by atoms with E-state index in [9.17, 15) is 4.79 Å². The molecule has 1 rings (SSSR count). The van der Waals surface area contributed by atoms with E-state index in [0.717, 1.165) is 5.56 Å². The SMILES string of the molecule is COc1ccc(CNC(=O)C(N)CO)cc1OC. The molecule has 1 amide bonds. The predicted octanol–water partition coefficient (Wildman–Crippen LogP) is -0.360. The maximum absolute atomic E-state index is 11.4. The van der Waals surface area contributed by atoms with Crippen LogP contribution in [0.25, 0.3) is 0 Å². The normalized spacial score (nSPS) is 11.8. The van der Waals surface area contributed by atoms with Gasteiger partial charge >= 0.3 is 0 Å². The molecule has 0 aliphatic carbocycles. The second-order valence-electron chi connectivity index (χ2n) is 3.70. The summed E-state index contributed by atoms with van der Waals surface area (Å²) in [5, 5.41) is 11.3. The van der Waals surface area contributed by atoms with Crippen LogP contribution in [0.2, 0.25) is 0 Å². The first kappa shape index (κ1) is 14.3. The topological polar surface area (TPSA) is 93.8 Å². The molecular weight excluding hydrogens is 236 g/mol. The molecule has 0 aliphatic rings. The number of aliphatic hydroxyl groups is 1. The van der Waals surface area contributed by atoms with Crippen molar-refractivity contribution in [1.82, 2.24) is 5.32 Å². The van der Waals surface area contributed by atoms with Crippen molar-refractivity contribution >= 4 is 5.91 Å². The molecule has 0 bridgehead atoms. The van der Waals surface area contributed by atoms with Gasteiger partial charge in [-0.25, -0.2) is 0 Å². The number of amides is 1. The van der Waals surface area contributed by atoms with Crippen molar-refractivity contribution in [2.45, 2.75) is 12.6 Å². The number of hydrogen-bond acceptors (Lipinski definition) is 5. The van der Waals surface area contributed by atoms with Crippen molar-refractivity contribution < 1.29 is 19.4 Å². The first-order valence-electron chi connectivity index (χ1n) is 5.47. The van der Waals surface area contributed by atoms with Gasteiger partial charge in [0.15, 0.2) is 11.5 Å². The van der Waals surface area contributed by atoms with Crippen molar-refractivity contribution in [2.24, 2.45) is 5.73 Å². The molecule has 100 valence electrons. The Morgan fingerprint density at radius 3 is 2.61 bits per heavy atom. The first-order valence-corrected chi connectivity index (χ1v) is 5.47. The second-order valence-corrected chi connectivity index (χ2v) is 3.70. The number of rotatable bonds is 6. The van der Waals surface area contributed by atoms with E-state index in [0.29, 0.717) is 18.0 Å². The summed E-state index contributed by atoms with van der Waals surface area (Å²) in [6, 6.07) is 4.44. The van der Waals surface area contributed by atoms with Gasteiger partial charge in [-0.15, -0.1) is 0 Å². The molecule has 0 spiro atoms. The lowest BCUT2D eigenvalue weighted by Crippen LogP contribution is -2.42. The minimum atomic E-state index is -0.898. The lowest BCUT2D eigenvalue weighted by Gasteiger charge is -2.12. The molecule has 1 aromatic rings. The van der Waals surface area contributed by atoms with Crippen molar-refractivity contribution in [3.05, 3.63) is 23.8 Å². The van der Waals surface area contributed by atoms with Gasteiger partial charge in [-0.2, -0.15) is 0 Å². The van der Waals surface area contributed by atoms with Crippen LogP contribution >= 0.6 is 0 Å². The molecule has 0 radical (unpaired) electrons. The smallest absolute Gasteiger partial charge is 0.239 e. The van der Waals surface area contributed by atoms with Gasteiger partial charge in [-0.1, -0.05) is 6.07 Å². The number of ether oxygens (including phenoxy) is 2. The number of benzene rings is 1. The van der Waals surface area contributed by atoms with Crippen LogP contribution < -0.4 is 20.5 Å². The van der Waals surface area contributed by atoms with Crippen LogP contribution in [0.5, 0.6) is 11.5 Å². The lowest BCUT2D eigenvalue weighted by atomic mass is 10.2. The Kier molecular flexibility index (Phi) is 5.41. The molecule has 1 aromatic carbocycles. The monoisotopic (exact) mass is 254 g/mol. The molecule has 1 unspecified atom stereocenters. The van der Waals surface area contributed by atoms with Crippen LogP contribution in [0.1, 0.15) is 5.56 Å². The minimum absolute atomic E-state index is 0.312. The van der Waals surface area contributed by atoms with Crippen LogP contribution in [-0.2, 0) is 11.3 Å². The standard InChI is InChI=1S/C12H18N2O4/c1-17-10-4-3-8(5-11(10)18-2)6-14-12(16)9(13)7-15/h3-5,9,15H,6-7,13H2,1-2H3,(H,14,16). The molecule has 0 saturated heterocycles. The third kappa shape index (κ3) is 3.61. The van der Waals surface area contributed by atoms with Crippen LogP contribution in [0.4, 0.5) is 0 Å². The van der Waals surface area contributed by atoms with E-state index in [2.05, 4.69) is 5.32 Å². The highest BCUT2D eigenvalue weighted by Crippen LogP contribution is 2.27. The summed E-state index contributed by atoms with van der Waals surface area (Å²) in [7, 11) is 3.10. The summed E-state index contributed by atoms with van der Waals surface area (Å²) in [4.78, 5) is 11.4. The number of aliphatic hydroxyl groups excluding tert-OH is 1. The Balaban J connectivity index is 2.66. The fourth-order valence-electron chi connectivity index (χ4n) is 1.39. The Bertz CT molecular complexity index is 409. The van der Waals surface area contributed by atoms with Gasteiger partial charge in [0.05, 0.1) is 20.8 Å². The highest BCUT2D eigenvalue weighted by atomic mass is 16.5. The third-order valence-electron chi connectivity index (χ3n) is 2.45. The second kappa shape index (κ2) is 6.83. The molecule has 0 aliphatic heterocycles. The molecule has 0 fully saturated rings. The fourth-order valence-corrected chi connectivity index (χ4v) is 1.39. The molecule has 4 N–H and O–H groups in total. The van der Waals surface area contributed by atoms with E-state index in [1.807, 2.05) is 6.07 Å². The Labute approximate surface area is 106 Å². The molecule has 6 nitrogen and oxygen atoms in total. The van der Waals surface area contributed by atoms with Gasteiger partial charge in [-0.05, 0) is 17.7 Å². The summed E-state index contributed by atoms with van der Waals surface area (Å²) < 4.78 is 10.3. The van der Waals surface area contributed by atoms with Crippen molar-refractivity contribution in [3.63, 3.8) is 0 Å². The highest BCUT2D eigenvalue weighted by molar-refractivity contribution is 5.81. The zero-order chi connectivity index (χ0) is 13.5. The quantitative estimate of drug-likeness (QED) is 0.644. The largest absolute Gasteiger partial charge is 0.493 e. The molecule has 0 aromatic heterocycles. The molecule has 6 heteroatoms. The molecule has 0 saturated carbocycles. The van der Waals surface area contributed by atoms with Gasteiger partial charge in [0.25, 0.3) is 0 Å². The Hall–Kier alpha value is -1.79. The number of hydrogen-bond donors (Lipinski definition) is 3. The summed E-state index contributed by atoms with van der Waals surface area (Å²) in [6.45, 7) is -0.0648. The van der Waals surface area contributed by atoms with Crippen LogP contribution in [0, 0.1) is 0 Å². The Morgan fingerprint density at radius 1 is 1.39 bits per heavy atom. The predicted molar refractivity (Wildman–Crippen MR) is 66.5 cm³/mol. The minimum Gasteiger partial charge on any atom is -0.493 e. The number of carbonyl (C=O) groups is 1. The number of carbonyl (C=O) groups excluding carboxylic acids is 1. The van der Waals surface area contributed by atoms with Crippen LogP contribution in [-0.4, -0.2) is 37.9 Å². The summed E-state index contributed by atoms with van der Waals surface area (Å²) in [5.74, 6) is 0.822. The summed E-state index contributed by atoms with van der Waals surface area (Å²) in [6.07, 6.45) is 0. The van der Waals surface area contributed by atoms with Gasteiger partial charge in [0.2, 0.25) is 5.91 Å². The number of nitrogens with one attached hydrogen (secondary N) is 1. The zero-order valence-electron chi connectivity index (χ0n) is 10.5. The fraction of sp³-hybridized carbons (Fsp3) is 0.417. The van der Waals surface area contributed by atoms with Gasteiger partial charge < -0.3 is 25.6 Å². The van der Waals surface area contributed by atoms with E-state index in [1.54, 1.807) is 26.4 Å². The van der Waals surface area contributed by atoms with E-state index in [-0.39, 0.29) is 6.61 Å². The molecular formula is C12H18N2O4. The van der Waals surface area contributed by atoms with E-state index in [4.69, 9.17) is 20.3 Å². The lowest BCUT2D eigenvalue weighted by molar-refractivity contribution is -0.123. The van der Waals surface area contributed by atoms with Crippen molar-refractivity contribution in [2.75, 3.05) is 20.8 Å². The Morgan fingerprint density at radius 2 is 2.06 bits per heavy atom. The van der Waals surface area contributed by atoms with Gasteiger partial charge in [0.1, 0.15) is 6.04 Å². The average molecular weight is 254 g/mol. The zero-order valence-corrected chi connectivity index (χ0v) is 10.5. The van der Waals surface area contributed by atoms with E-state index < -0.39 is 11.9 Å². The number of methoxy groups -OCH3 is 2. The number of nitrogens with two attached hydrogens (primary N) is 1. The van der Waals surface area contributed by atoms with E-state index in [1.165, 1.54) is 0 Å². The summed E-state index contributed by atoms with van der Waals surface area (Å²) >= 11 is 0. The average Bonchev–Trinajstić information content (AvgIpc) is 2.43. The van der Waals surface area contributed by atoms with Crippen LogP contribution in [0.15, 0.2) is 18.2 Å².